The van der Waals surface area contributed by atoms with E-state index in [0.717, 1.165) is 19.3 Å². The Labute approximate surface area is 124 Å². The molecule has 2 heteroatoms. The summed E-state index contributed by atoms with van der Waals surface area (Å²) in [5.41, 5.74) is 0.255. The molecule has 0 spiro atoms. The van der Waals surface area contributed by atoms with E-state index in [0.29, 0.717) is 30.5 Å². The summed E-state index contributed by atoms with van der Waals surface area (Å²) in [6.07, 6.45) is 6.02. The molecule has 0 aromatic carbocycles. The average Bonchev–Trinajstić information content (AvgIpc) is 2.08. The first kappa shape index (κ1) is 17.4. The molecule has 2 nitrogen and oxygen atoms in total. The van der Waals surface area contributed by atoms with Crippen LogP contribution in [0.25, 0.3) is 0 Å². The molecule has 1 aliphatic rings. The maximum Gasteiger partial charge on any atom is 0.130 e. The third kappa shape index (κ3) is 5.76. The number of rotatable bonds is 6. The third-order valence-electron chi connectivity index (χ3n) is 4.60. The fourth-order valence-electron chi connectivity index (χ4n) is 4.79. The molecule has 1 rings (SSSR count). The lowest BCUT2D eigenvalue weighted by Crippen LogP contribution is -2.34. The summed E-state index contributed by atoms with van der Waals surface area (Å²) in [5, 5.41) is 0. The van der Waals surface area contributed by atoms with Crippen molar-refractivity contribution in [3.63, 3.8) is 0 Å². The lowest BCUT2D eigenvalue weighted by Gasteiger charge is -2.43. The third-order valence-corrected chi connectivity index (χ3v) is 4.60. The van der Waals surface area contributed by atoms with Crippen LogP contribution >= 0.6 is 0 Å². The Morgan fingerprint density at radius 1 is 1.15 bits per heavy atom. The van der Waals surface area contributed by atoms with Crippen molar-refractivity contribution >= 4 is 11.6 Å². The Morgan fingerprint density at radius 3 is 2.25 bits per heavy atom. The fraction of sp³-hybridized carbons (Fsp3) is 0.889. The molecule has 0 radical (unpaired) electrons. The summed E-state index contributed by atoms with van der Waals surface area (Å²) in [6, 6.07) is 0. The molecule has 0 N–H and O–H groups in total. The van der Waals surface area contributed by atoms with Gasteiger partial charge in [-0.15, -0.1) is 0 Å². The lowest BCUT2D eigenvalue weighted by molar-refractivity contribution is -0.120. The minimum atomic E-state index is 0.0880. The van der Waals surface area contributed by atoms with Crippen molar-refractivity contribution in [2.24, 2.45) is 22.7 Å². The molecule has 1 saturated carbocycles. The highest BCUT2D eigenvalue weighted by molar-refractivity contribution is 5.76. The summed E-state index contributed by atoms with van der Waals surface area (Å²) in [5.74, 6) is 1.93. The fourth-order valence-corrected chi connectivity index (χ4v) is 4.79. The van der Waals surface area contributed by atoms with Crippen molar-refractivity contribution < 1.29 is 9.59 Å². The standard InChI is InChI=1S/C18H32O2/c1-13-7-16(11-17(4,5)9-14(2)19)12-18(6,8-13)10-15(3)20/h13,16H,7-12H2,1-6H3. The molecule has 3 unspecified atom stereocenters. The summed E-state index contributed by atoms with van der Waals surface area (Å²) in [4.78, 5) is 22.9. The van der Waals surface area contributed by atoms with Gasteiger partial charge < -0.3 is 9.59 Å². The Hall–Kier alpha value is -0.660. The second-order valence-electron chi connectivity index (χ2n) is 8.55. The maximum absolute atomic E-state index is 11.5. The van der Waals surface area contributed by atoms with Gasteiger partial charge in [0.1, 0.15) is 11.6 Å². The van der Waals surface area contributed by atoms with Crippen LogP contribution in [-0.4, -0.2) is 11.6 Å². The van der Waals surface area contributed by atoms with Gasteiger partial charge in [-0.05, 0) is 62.2 Å². The van der Waals surface area contributed by atoms with Crippen LogP contribution in [0.5, 0.6) is 0 Å². The van der Waals surface area contributed by atoms with Crippen LogP contribution in [0.15, 0.2) is 0 Å². The van der Waals surface area contributed by atoms with E-state index in [1.165, 1.54) is 6.42 Å². The minimum Gasteiger partial charge on any atom is -0.300 e. The second-order valence-corrected chi connectivity index (χ2v) is 8.55. The van der Waals surface area contributed by atoms with Crippen molar-refractivity contribution in [1.82, 2.24) is 0 Å². The highest BCUT2D eigenvalue weighted by Gasteiger charge is 2.38. The smallest absolute Gasteiger partial charge is 0.130 e. The molecular weight excluding hydrogens is 248 g/mol. The molecule has 0 amide bonds. The van der Waals surface area contributed by atoms with Gasteiger partial charge >= 0.3 is 0 Å². The van der Waals surface area contributed by atoms with Crippen LogP contribution < -0.4 is 0 Å². The number of carbonyl (C=O) groups excluding carboxylic acids is 2. The number of hydrogen-bond donors (Lipinski definition) is 0. The van der Waals surface area contributed by atoms with E-state index in [2.05, 4.69) is 27.7 Å². The van der Waals surface area contributed by atoms with Gasteiger partial charge in [-0.25, -0.2) is 0 Å². The van der Waals surface area contributed by atoms with E-state index >= 15 is 0 Å². The molecule has 3 atom stereocenters. The highest BCUT2D eigenvalue weighted by atomic mass is 16.1. The van der Waals surface area contributed by atoms with Crippen molar-refractivity contribution in [2.75, 3.05) is 0 Å². The second kappa shape index (κ2) is 6.41. The van der Waals surface area contributed by atoms with Gasteiger partial charge in [0.25, 0.3) is 0 Å². The summed E-state index contributed by atoms with van der Waals surface area (Å²) >= 11 is 0. The van der Waals surface area contributed by atoms with Gasteiger partial charge in [0.2, 0.25) is 0 Å². The SMILES string of the molecule is CC(=O)CC(C)(C)CC1CC(C)CC(C)(CC(C)=O)C1. The van der Waals surface area contributed by atoms with Crippen molar-refractivity contribution in [3.8, 4) is 0 Å². The van der Waals surface area contributed by atoms with Crippen LogP contribution in [0.3, 0.4) is 0 Å². The molecule has 0 aromatic rings. The zero-order valence-electron chi connectivity index (χ0n) is 14.2. The molecule has 0 bridgehead atoms. The Balaban J connectivity index is 2.71. The molecule has 116 valence electrons. The first-order chi connectivity index (χ1) is 9.01. The molecule has 0 aromatic heterocycles. The predicted octanol–water partition coefficient (Wildman–Crippen LogP) is 4.80. The maximum atomic E-state index is 11.5. The zero-order valence-corrected chi connectivity index (χ0v) is 14.2. The molecule has 20 heavy (non-hydrogen) atoms. The average molecular weight is 280 g/mol. The normalized spacial score (nSPS) is 31.1. The summed E-state index contributed by atoms with van der Waals surface area (Å²) in [7, 11) is 0. The quantitative estimate of drug-likeness (QED) is 0.700. The van der Waals surface area contributed by atoms with Gasteiger partial charge in [-0.2, -0.15) is 0 Å². The lowest BCUT2D eigenvalue weighted by atomic mass is 9.62. The van der Waals surface area contributed by atoms with E-state index < -0.39 is 0 Å². The number of carbonyl (C=O) groups is 2. The Morgan fingerprint density at radius 2 is 1.75 bits per heavy atom. The molecule has 0 aliphatic heterocycles. The first-order valence-electron chi connectivity index (χ1n) is 8.00. The number of ketones is 2. The molecule has 0 heterocycles. The highest BCUT2D eigenvalue weighted by Crippen LogP contribution is 2.48. The topological polar surface area (TPSA) is 34.1 Å². The van der Waals surface area contributed by atoms with E-state index in [9.17, 15) is 9.59 Å². The zero-order chi connectivity index (χ0) is 15.6. The van der Waals surface area contributed by atoms with E-state index in [-0.39, 0.29) is 16.6 Å². The van der Waals surface area contributed by atoms with Crippen LogP contribution in [0.4, 0.5) is 0 Å². The van der Waals surface area contributed by atoms with Crippen LogP contribution in [0, 0.1) is 22.7 Å². The summed E-state index contributed by atoms with van der Waals surface area (Å²) in [6.45, 7) is 12.4. The van der Waals surface area contributed by atoms with Crippen LogP contribution in [-0.2, 0) is 9.59 Å². The van der Waals surface area contributed by atoms with E-state index in [1.54, 1.807) is 13.8 Å². The number of Topliss-reactive ketones (excluding diaryl/α,β-unsaturated/α-hetero) is 2. The summed E-state index contributed by atoms with van der Waals surface area (Å²) < 4.78 is 0. The van der Waals surface area contributed by atoms with E-state index in [1.807, 2.05) is 0 Å². The van der Waals surface area contributed by atoms with Gasteiger partial charge in [-0.1, -0.05) is 27.7 Å². The van der Waals surface area contributed by atoms with Crippen LogP contribution in [0.1, 0.15) is 80.1 Å². The van der Waals surface area contributed by atoms with Crippen molar-refractivity contribution in [3.05, 3.63) is 0 Å². The molecule has 0 saturated heterocycles. The minimum absolute atomic E-state index is 0.0880. The monoisotopic (exact) mass is 280 g/mol. The van der Waals surface area contributed by atoms with E-state index in [4.69, 9.17) is 0 Å². The van der Waals surface area contributed by atoms with Gasteiger partial charge in [0.15, 0.2) is 0 Å². The van der Waals surface area contributed by atoms with Crippen molar-refractivity contribution in [2.45, 2.75) is 80.1 Å². The van der Waals surface area contributed by atoms with Gasteiger partial charge in [-0.3, -0.25) is 0 Å². The van der Waals surface area contributed by atoms with Gasteiger partial charge in [0, 0.05) is 12.8 Å². The molecular formula is C18H32O2. The van der Waals surface area contributed by atoms with Crippen molar-refractivity contribution in [1.29, 1.82) is 0 Å². The Kier molecular flexibility index (Phi) is 5.57. The van der Waals surface area contributed by atoms with Crippen LogP contribution in [0.2, 0.25) is 0 Å². The first-order valence-corrected chi connectivity index (χ1v) is 8.00. The number of hydrogen-bond acceptors (Lipinski definition) is 2. The predicted molar refractivity (Wildman–Crippen MR) is 83.6 cm³/mol. The van der Waals surface area contributed by atoms with Gasteiger partial charge in [0.05, 0.1) is 0 Å². The largest absolute Gasteiger partial charge is 0.300 e. The molecule has 1 fully saturated rings. The molecule has 1 aliphatic carbocycles. The Bertz CT molecular complexity index is 368.